The fourth-order valence-electron chi connectivity index (χ4n) is 1.46. The maximum Gasteiger partial charge on any atom is 0.173 e. The van der Waals surface area contributed by atoms with Crippen LogP contribution in [0.1, 0.15) is 19.0 Å². The van der Waals surface area contributed by atoms with E-state index in [-0.39, 0.29) is 0 Å². The Balaban J connectivity index is 2.45. The number of nitrogens with zero attached hydrogens (tertiary/aromatic N) is 2. The molecule has 5 heteroatoms. The highest BCUT2D eigenvalue weighted by molar-refractivity contribution is 9.10. The van der Waals surface area contributed by atoms with Gasteiger partial charge in [-0.05, 0) is 33.8 Å². The predicted octanol–water partition coefficient (Wildman–Crippen LogP) is 3.50. The van der Waals surface area contributed by atoms with Gasteiger partial charge in [-0.3, -0.25) is 0 Å². The van der Waals surface area contributed by atoms with Gasteiger partial charge in [0.1, 0.15) is 5.82 Å². The smallest absolute Gasteiger partial charge is 0.173 e. The van der Waals surface area contributed by atoms with Crippen molar-refractivity contribution in [1.82, 2.24) is 9.97 Å². The normalized spacial score (nSPS) is 10.6. The van der Waals surface area contributed by atoms with Crippen molar-refractivity contribution in [2.24, 2.45) is 0 Å². The van der Waals surface area contributed by atoms with Crippen molar-refractivity contribution in [3.8, 4) is 10.7 Å². The Hall–Kier alpha value is -0.940. The number of hydrogen-bond acceptors (Lipinski definition) is 4. The molecule has 0 bridgehead atoms. The van der Waals surface area contributed by atoms with Gasteiger partial charge in [-0.2, -0.15) is 0 Å². The highest BCUT2D eigenvalue weighted by Crippen LogP contribution is 2.31. The average Bonchev–Trinajstić information content (AvgIpc) is 2.64. The largest absolute Gasteiger partial charge is 0.384 e. The summed E-state index contributed by atoms with van der Waals surface area (Å²) in [5.74, 6) is 1.25. The van der Waals surface area contributed by atoms with Crippen LogP contribution in [0.5, 0.6) is 0 Å². The Kier molecular flexibility index (Phi) is 3.56. The van der Waals surface area contributed by atoms with Crippen molar-refractivity contribution in [2.45, 2.75) is 19.8 Å². The first-order valence-electron chi connectivity index (χ1n) is 5.07. The molecule has 3 nitrogen and oxygen atoms in total. The van der Waals surface area contributed by atoms with E-state index in [9.17, 15) is 0 Å². The van der Waals surface area contributed by atoms with E-state index in [1.165, 1.54) is 0 Å². The Morgan fingerprint density at radius 1 is 1.44 bits per heavy atom. The van der Waals surface area contributed by atoms with E-state index < -0.39 is 0 Å². The quantitative estimate of drug-likeness (QED) is 0.943. The van der Waals surface area contributed by atoms with Crippen molar-refractivity contribution in [3.63, 3.8) is 0 Å². The van der Waals surface area contributed by atoms with Gasteiger partial charge in [0.25, 0.3) is 0 Å². The zero-order valence-electron chi connectivity index (χ0n) is 8.90. The fraction of sp³-hybridized carbons (Fsp3) is 0.273. The van der Waals surface area contributed by atoms with Gasteiger partial charge < -0.3 is 5.73 Å². The molecular formula is C11H12BrN3S. The van der Waals surface area contributed by atoms with Gasteiger partial charge in [0.2, 0.25) is 0 Å². The van der Waals surface area contributed by atoms with Crippen LogP contribution in [0.2, 0.25) is 0 Å². The highest BCUT2D eigenvalue weighted by atomic mass is 79.9. The molecule has 2 heterocycles. The molecule has 0 unspecified atom stereocenters. The third kappa shape index (κ3) is 2.41. The SMILES string of the molecule is CCCc1cc(N)nc(-c2sccc2Br)n1. The molecule has 16 heavy (non-hydrogen) atoms. The second-order valence-electron chi connectivity index (χ2n) is 3.46. The van der Waals surface area contributed by atoms with Crippen LogP contribution in [0.25, 0.3) is 10.7 Å². The van der Waals surface area contributed by atoms with E-state index >= 15 is 0 Å². The number of aromatic nitrogens is 2. The fourth-order valence-corrected chi connectivity index (χ4v) is 2.94. The second-order valence-corrected chi connectivity index (χ2v) is 5.23. The van der Waals surface area contributed by atoms with Crippen LogP contribution in [0, 0.1) is 0 Å². The van der Waals surface area contributed by atoms with Crippen molar-refractivity contribution < 1.29 is 0 Å². The molecule has 0 spiro atoms. The van der Waals surface area contributed by atoms with E-state index in [0.717, 1.165) is 27.9 Å². The molecule has 2 aromatic rings. The molecule has 2 aromatic heterocycles. The lowest BCUT2D eigenvalue weighted by molar-refractivity contribution is 0.877. The molecule has 0 aliphatic heterocycles. The summed E-state index contributed by atoms with van der Waals surface area (Å²) < 4.78 is 1.02. The summed E-state index contributed by atoms with van der Waals surface area (Å²) in [4.78, 5) is 9.81. The van der Waals surface area contributed by atoms with Gasteiger partial charge in [-0.15, -0.1) is 11.3 Å². The highest BCUT2D eigenvalue weighted by Gasteiger charge is 2.09. The van der Waals surface area contributed by atoms with E-state index in [2.05, 4.69) is 32.8 Å². The Morgan fingerprint density at radius 3 is 2.88 bits per heavy atom. The number of nitrogen functional groups attached to an aromatic ring is 1. The summed E-state index contributed by atoms with van der Waals surface area (Å²) in [5, 5.41) is 2.01. The molecule has 0 aliphatic carbocycles. The van der Waals surface area contributed by atoms with Crippen LogP contribution in [-0.4, -0.2) is 9.97 Å². The van der Waals surface area contributed by atoms with Gasteiger partial charge in [-0.1, -0.05) is 13.3 Å². The van der Waals surface area contributed by atoms with Gasteiger partial charge in [-0.25, -0.2) is 9.97 Å². The minimum Gasteiger partial charge on any atom is -0.384 e. The zero-order valence-corrected chi connectivity index (χ0v) is 11.3. The first kappa shape index (κ1) is 11.5. The molecule has 2 N–H and O–H groups in total. The number of anilines is 1. The number of aryl methyl sites for hydroxylation is 1. The zero-order chi connectivity index (χ0) is 11.5. The second kappa shape index (κ2) is 4.93. The van der Waals surface area contributed by atoms with E-state index in [1.807, 2.05) is 17.5 Å². The summed E-state index contributed by atoms with van der Waals surface area (Å²) in [6.07, 6.45) is 1.99. The Labute approximate surface area is 107 Å². The third-order valence-electron chi connectivity index (χ3n) is 2.13. The van der Waals surface area contributed by atoms with Crippen molar-refractivity contribution in [3.05, 3.63) is 27.7 Å². The average molecular weight is 298 g/mol. The van der Waals surface area contributed by atoms with E-state index in [0.29, 0.717) is 11.6 Å². The molecule has 0 fully saturated rings. The lowest BCUT2D eigenvalue weighted by Gasteiger charge is -2.03. The first-order valence-corrected chi connectivity index (χ1v) is 6.74. The van der Waals surface area contributed by atoms with Crippen molar-refractivity contribution in [1.29, 1.82) is 0 Å². The van der Waals surface area contributed by atoms with Crippen LogP contribution in [-0.2, 0) is 6.42 Å². The molecular weight excluding hydrogens is 286 g/mol. The predicted molar refractivity (Wildman–Crippen MR) is 71.5 cm³/mol. The van der Waals surface area contributed by atoms with Crippen LogP contribution in [0.3, 0.4) is 0 Å². The minimum atomic E-state index is 0.536. The van der Waals surface area contributed by atoms with Gasteiger partial charge in [0.05, 0.1) is 4.88 Å². The minimum absolute atomic E-state index is 0.536. The number of nitrogens with two attached hydrogens (primary N) is 1. The van der Waals surface area contributed by atoms with Crippen LogP contribution < -0.4 is 5.73 Å². The van der Waals surface area contributed by atoms with Crippen LogP contribution in [0.4, 0.5) is 5.82 Å². The summed E-state index contributed by atoms with van der Waals surface area (Å²) in [6.45, 7) is 2.12. The number of rotatable bonds is 3. The molecule has 84 valence electrons. The van der Waals surface area contributed by atoms with E-state index in [4.69, 9.17) is 5.73 Å². The molecule has 0 atom stereocenters. The molecule has 0 amide bonds. The summed E-state index contributed by atoms with van der Waals surface area (Å²) >= 11 is 5.09. The summed E-state index contributed by atoms with van der Waals surface area (Å²) in [5.41, 5.74) is 6.79. The van der Waals surface area contributed by atoms with Gasteiger partial charge in [0.15, 0.2) is 5.82 Å². The lowest BCUT2D eigenvalue weighted by Crippen LogP contribution is -1.99. The van der Waals surface area contributed by atoms with Crippen molar-refractivity contribution in [2.75, 3.05) is 5.73 Å². The maximum absolute atomic E-state index is 5.78. The molecule has 0 aliphatic rings. The number of halogens is 1. The van der Waals surface area contributed by atoms with Gasteiger partial charge >= 0.3 is 0 Å². The lowest BCUT2D eigenvalue weighted by atomic mass is 10.2. The first-order chi connectivity index (χ1) is 7.70. The van der Waals surface area contributed by atoms with Gasteiger partial charge in [0, 0.05) is 16.2 Å². The van der Waals surface area contributed by atoms with Crippen LogP contribution in [0.15, 0.2) is 22.0 Å². The topological polar surface area (TPSA) is 51.8 Å². The Morgan fingerprint density at radius 2 is 2.25 bits per heavy atom. The molecule has 0 saturated heterocycles. The summed E-state index contributed by atoms with van der Waals surface area (Å²) in [6, 6.07) is 3.83. The monoisotopic (exact) mass is 297 g/mol. The maximum atomic E-state index is 5.78. The number of thiophene rings is 1. The standard InChI is InChI=1S/C11H12BrN3S/c1-2-3-7-6-9(13)15-11(14-7)10-8(12)4-5-16-10/h4-6H,2-3H2,1H3,(H2,13,14,15). The van der Waals surface area contributed by atoms with E-state index in [1.54, 1.807) is 11.3 Å². The Bertz CT molecular complexity index is 496. The van der Waals surface area contributed by atoms with Crippen molar-refractivity contribution >= 4 is 33.1 Å². The molecule has 2 rings (SSSR count). The summed E-state index contributed by atoms with van der Waals surface area (Å²) in [7, 11) is 0. The molecule has 0 aromatic carbocycles. The molecule has 0 radical (unpaired) electrons. The number of hydrogen-bond donors (Lipinski definition) is 1. The third-order valence-corrected chi connectivity index (χ3v) is 3.96. The van der Waals surface area contributed by atoms with Crippen LogP contribution >= 0.6 is 27.3 Å². The molecule has 0 saturated carbocycles.